The summed E-state index contributed by atoms with van der Waals surface area (Å²) >= 11 is 1.33. The van der Waals surface area contributed by atoms with Gasteiger partial charge in [0.15, 0.2) is 0 Å². The third kappa shape index (κ3) is 6.70. The minimum absolute atomic E-state index is 0.0321. The molecule has 0 bridgehead atoms. The van der Waals surface area contributed by atoms with Gasteiger partial charge >= 0.3 is 6.18 Å². The van der Waals surface area contributed by atoms with Crippen molar-refractivity contribution in [2.75, 3.05) is 43.8 Å². The van der Waals surface area contributed by atoms with Crippen LogP contribution < -0.4 is 5.32 Å². The molecule has 7 nitrogen and oxygen atoms in total. The summed E-state index contributed by atoms with van der Waals surface area (Å²) < 4.78 is 39.5. The molecule has 3 aromatic rings. The summed E-state index contributed by atoms with van der Waals surface area (Å²) in [6.45, 7) is 1.98. The third-order valence-corrected chi connectivity index (χ3v) is 6.47. The average molecular weight is 504 g/mol. The lowest BCUT2D eigenvalue weighted by atomic mass is 10.1. The second kappa shape index (κ2) is 11.0. The lowest BCUT2D eigenvalue weighted by Crippen LogP contribution is -2.38. The molecule has 2 heterocycles. The highest BCUT2D eigenvalue weighted by atomic mass is 32.2. The molecule has 1 N–H and O–H groups in total. The first-order valence-corrected chi connectivity index (χ1v) is 12.1. The molecule has 2 amide bonds. The molecule has 35 heavy (non-hydrogen) atoms. The standard InChI is InChI=1S/C24H24F3N5O2S/c25-24(26,27)17-6-1-2-7-18(17)29-21(33)15-31-10-5-11-32(13-12-31)23(34)16-35-22-14-28-19-8-3-4-9-20(19)30-22/h1-4,6-9,14H,5,10-13,15-16H2,(H,29,33). The molecular weight excluding hydrogens is 479 g/mol. The number of rotatable bonds is 6. The molecule has 2 aromatic carbocycles. The third-order valence-electron chi connectivity index (χ3n) is 5.58. The van der Waals surface area contributed by atoms with Crippen molar-refractivity contribution in [1.82, 2.24) is 19.8 Å². The van der Waals surface area contributed by atoms with E-state index in [1.807, 2.05) is 29.2 Å². The molecule has 184 valence electrons. The van der Waals surface area contributed by atoms with Gasteiger partial charge in [0.2, 0.25) is 11.8 Å². The maximum Gasteiger partial charge on any atom is 0.418 e. The molecule has 4 rings (SSSR count). The van der Waals surface area contributed by atoms with Crippen LogP contribution >= 0.6 is 11.8 Å². The number of alkyl halides is 3. The fourth-order valence-corrected chi connectivity index (χ4v) is 4.59. The molecule has 0 atom stereocenters. The Balaban J connectivity index is 1.27. The number of nitrogens with zero attached hydrogens (tertiary/aromatic N) is 4. The molecule has 1 aliphatic heterocycles. The van der Waals surface area contributed by atoms with Gasteiger partial charge in [-0.2, -0.15) is 13.2 Å². The van der Waals surface area contributed by atoms with Gasteiger partial charge < -0.3 is 10.2 Å². The summed E-state index contributed by atoms with van der Waals surface area (Å²) in [7, 11) is 0. The number of halogens is 3. The number of para-hydroxylation sites is 3. The van der Waals surface area contributed by atoms with Crippen LogP contribution in [0, 0.1) is 0 Å². The summed E-state index contributed by atoms with van der Waals surface area (Å²) in [6, 6.07) is 12.4. The van der Waals surface area contributed by atoms with Crippen molar-refractivity contribution in [3.05, 3.63) is 60.3 Å². The van der Waals surface area contributed by atoms with E-state index in [9.17, 15) is 22.8 Å². The van der Waals surface area contributed by atoms with Gasteiger partial charge in [-0.25, -0.2) is 4.98 Å². The molecule has 0 saturated carbocycles. The summed E-state index contributed by atoms with van der Waals surface area (Å²) in [4.78, 5) is 37.6. The average Bonchev–Trinajstić information content (AvgIpc) is 3.07. The van der Waals surface area contributed by atoms with Gasteiger partial charge in [-0.1, -0.05) is 36.0 Å². The van der Waals surface area contributed by atoms with Gasteiger partial charge in [-0.3, -0.25) is 19.5 Å². The molecule has 1 aliphatic rings. The maximum absolute atomic E-state index is 13.2. The van der Waals surface area contributed by atoms with E-state index in [0.717, 1.165) is 17.1 Å². The van der Waals surface area contributed by atoms with Gasteiger partial charge in [-0.05, 0) is 30.7 Å². The first-order valence-electron chi connectivity index (χ1n) is 11.1. The SMILES string of the molecule is O=C(CN1CCCN(C(=O)CSc2cnc3ccccc3n2)CC1)Nc1ccccc1C(F)(F)F. The molecular formula is C24H24F3N5O2S. The van der Waals surface area contributed by atoms with Gasteiger partial charge in [0.25, 0.3) is 0 Å². The summed E-state index contributed by atoms with van der Waals surface area (Å²) in [5, 5.41) is 3.04. The van der Waals surface area contributed by atoms with Crippen LogP contribution in [0.2, 0.25) is 0 Å². The van der Waals surface area contributed by atoms with E-state index in [0.29, 0.717) is 37.6 Å². The van der Waals surface area contributed by atoms with E-state index in [1.165, 1.54) is 30.0 Å². The number of carbonyl (C=O) groups is 2. The zero-order chi connectivity index (χ0) is 24.8. The van der Waals surface area contributed by atoms with Crippen molar-refractivity contribution in [3.8, 4) is 0 Å². The van der Waals surface area contributed by atoms with Crippen LogP contribution in [0.3, 0.4) is 0 Å². The van der Waals surface area contributed by atoms with E-state index in [4.69, 9.17) is 0 Å². The molecule has 1 saturated heterocycles. The Morgan fingerprint density at radius 2 is 1.71 bits per heavy atom. The van der Waals surface area contributed by atoms with Crippen LogP contribution in [0.1, 0.15) is 12.0 Å². The zero-order valence-corrected chi connectivity index (χ0v) is 19.6. The van der Waals surface area contributed by atoms with Crippen molar-refractivity contribution in [2.24, 2.45) is 0 Å². The number of nitrogens with one attached hydrogen (secondary N) is 1. The minimum atomic E-state index is -4.55. The highest BCUT2D eigenvalue weighted by molar-refractivity contribution is 7.99. The number of aromatic nitrogens is 2. The topological polar surface area (TPSA) is 78.4 Å². The summed E-state index contributed by atoms with van der Waals surface area (Å²) in [5.41, 5.74) is 0.424. The van der Waals surface area contributed by atoms with E-state index in [2.05, 4.69) is 15.3 Å². The first-order chi connectivity index (χ1) is 16.8. The number of hydrogen-bond donors (Lipinski definition) is 1. The van der Waals surface area contributed by atoms with Crippen LogP contribution in [-0.2, 0) is 15.8 Å². The smallest absolute Gasteiger partial charge is 0.341 e. The van der Waals surface area contributed by atoms with Crippen LogP contribution in [0.4, 0.5) is 18.9 Å². The largest absolute Gasteiger partial charge is 0.418 e. The quantitative estimate of drug-likeness (QED) is 0.514. The second-order valence-electron chi connectivity index (χ2n) is 8.09. The number of fused-ring (bicyclic) bond motifs is 1. The molecule has 11 heteroatoms. The first kappa shape index (κ1) is 24.9. The predicted molar refractivity (Wildman–Crippen MR) is 128 cm³/mol. The van der Waals surface area contributed by atoms with Crippen LogP contribution in [0.5, 0.6) is 0 Å². The van der Waals surface area contributed by atoms with Crippen LogP contribution in [0.15, 0.2) is 59.8 Å². The number of thioether (sulfide) groups is 1. The van der Waals surface area contributed by atoms with Gasteiger partial charge in [-0.15, -0.1) is 0 Å². The Morgan fingerprint density at radius 1 is 0.971 bits per heavy atom. The number of anilines is 1. The molecule has 0 unspecified atom stereocenters. The van der Waals surface area contributed by atoms with Crippen molar-refractivity contribution < 1.29 is 22.8 Å². The molecule has 0 radical (unpaired) electrons. The van der Waals surface area contributed by atoms with Crippen molar-refractivity contribution in [1.29, 1.82) is 0 Å². The van der Waals surface area contributed by atoms with Crippen LogP contribution in [-0.4, -0.2) is 70.1 Å². The Morgan fingerprint density at radius 3 is 2.51 bits per heavy atom. The normalized spacial score (nSPS) is 15.1. The number of amides is 2. The maximum atomic E-state index is 13.2. The van der Waals surface area contributed by atoms with E-state index < -0.39 is 17.6 Å². The number of hydrogen-bond acceptors (Lipinski definition) is 6. The lowest BCUT2D eigenvalue weighted by Gasteiger charge is -2.22. The van der Waals surface area contributed by atoms with Crippen molar-refractivity contribution in [3.63, 3.8) is 0 Å². The van der Waals surface area contributed by atoms with Gasteiger partial charge in [0.1, 0.15) is 5.03 Å². The number of benzene rings is 2. The summed E-state index contributed by atoms with van der Waals surface area (Å²) in [6.07, 6.45) is -2.23. The predicted octanol–water partition coefficient (Wildman–Crippen LogP) is 3.91. The monoisotopic (exact) mass is 503 g/mol. The molecule has 1 aromatic heterocycles. The highest BCUT2D eigenvalue weighted by Gasteiger charge is 2.33. The number of carbonyl (C=O) groups excluding carboxylic acids is 2. The second-order valence-corrected chi connectivity index (χ2v) is 9.08. The lowest BCUT2D eigenvalue weighted by molar-refractivity contribution is -0.137. The Labute approximate surface area is 204 Å². The molecule has 1 fully saturated rings. The molecule has 0 spiro atoms. The van der Waals surface area contributed by atoms with Gasteiger partial charge in [0.05, 0.1) is 40.8 Å². The van der Waals surface area contributed by atoms with E-state index >= 15 is 0 Å². The Bertz CT molecular complexity index is 1210. The van der Waals surface area contributed by atoms with Crippen molar-refractivity contribution >= 4 is 40.3 Å². The van der Waals surface area contributed by atoms with Gasteiger partial charge in [0, 0.05) is 26.2 Å². The fourth-order valence-electron chi connectivity index (χ4n) is 3.85. The minimum Gasteiger partial charge on any atom is -0.341 e. The zero-order valence-electron chi connectivity index (χ0n) is 18.8. The summed E-state index contributed by atoms with van der Waals surface area (Å²) in [5.74, 6) is -0.330. The fraction of sp³-hybridized carbons (Fsp3) is 0.333. The molecule has 0 aliphatic carbocycles. The van der Waals surface area contributed by atoms with E-state index in [1.54, 1.807) is 11.1 Å². The van der Waals surface area contributed by atoms with Crippen molar-refractivity contribution in [2.45, 2.75) is 17.6 Å². The Hall–Kier alpha value is -3.18. The Kier molecular flexibility index (Phi) is 7.86. The highest BCUT2D eigenvalue weighted by Crippen LogP contribution is 2.34. The van der Waals surface area contributed by atoms with E-state index in [-0.39, 0.29) is 23.9 Å². The van der Waals surface area contributed by atoms with Crippen LogP contribution in [0.25, 0.3) is 11.0 Å².